The van der Waals surface area contributed by atoms with Gasteiger partial charge in [0.2, 0.25) is 0 Å². The van der Waals surface area contributed by atoms with Crippen LogP contribution in [0.4, 0.5) is 0 Å². The lowest BCUT2D eigenvalue weighted by Crippen LogP contribution is -1.88. The second-order valence-corrected chi connectivity index (χ2v) is 2.90. The van der Waals surface area contributed by atoms with Crippen molar-refractivity contribution in [2.24, 2.45) is 0 Å². The third-order valence-corrected chi connectivity index (χ3v) is 2.07. The first kappa shape index (κ1) is 8.32. The van der Waals surface area contributed by atoms with Gasteiger partial charge in [0.05, 0.1) is 0 Å². The van der Waals surface area contributed by atoms with E-state index in [9.17, 15) is 0 Å². The normalized spacial score (nSPS) is 10.1. The molecule has 0 heterocycles. The van der Waals surface area contributed by atoms with Crippen LogP contribution in [-0.4, -0.2) is 0 Å². The van der Waals surface area contributed by atoms with Gasteiger partial charge in [-0.3, -0.25) is 0 Å². The Morgan fingerprint density at radius 1 is 1.27 bits per heavy atom. The molecule has 0 aliphatic rings. The summed E-state index contributed by atoms with van der Waals surface area (Å²) in [5.41, 5.74) is 4.18. The Balaban J connectivity index is 2.96. The molecule has 0 heteroatoms. The van der Waals surface area contributed by atoms with Crippen molar-refractivity contribution in [1.82, 2.24) is 0 Å². The molecule has 0 saturated heterocycles. The first-order chi connectivity index (χ1) is 5.25. The Morgan fingerprint density at radius 3 is 2.64 bits per heavy atom. The molecule has 11 heavy (non-hydrogen) atoms. The largest absolute Gasteiger partial charge is 0.0648 e. The number of rotatable bonds is 2. The molecule has 0 atom stereocenters. The van der Waals surface area contributed by atoms with Crippen molar-refractivity contribution in [3.8, 4) is 0 Å². The van der Waals surface area contributed by atoms with Gasteiger partial charge in [-0.05, 0) is 43.4 Å². The summed E-state index contributed by atoms with van der Waals surface area (Å²) in [4.78, 5) is 0. The van der Waals surface area contributed by atoms with Gasteiger partial charge in [-0.15, -0.1) is 0 Å². The molecule has 0 bridgehead atoms. The molecule has 1 radical (unpaired) electrons. The monoisotopic (exact) mass is 147 g/mol. The fraction of sp³-hybridized carbons (Fsp3) is 0.364. The van der Waals surface area contributed by atoms with Gasteiger partial charge in [0.25, 0.3) is 0 Å². The van der Waals surface area contributed by atoms with Crippen LogP contribution in [0.2, 0.25) is 0 Å². The molecule has 0 aliphatic carbocycles. The van der Waals surface area contributed by atoms with E-state index in [-0.39, 0.29) is 0 Å². The quantitative estimate of drug-likeness (QED) is 0.602. The van der Waals surface area contributed by atoms with Crippen LogP contribution in [0.15, 0.2) is 18.2 Å². The highest BCUT2D eigenvalue weighted by Gasteiger charge is 1.97. The van der Waals surface area contributed by atoms with Crippen LogP contribution < -0.4 is 0 Å². The maximum absolute atomic E-state index is 2.27. The second kappa shape index (κ2) is 3.56. The first-order valence-electron chi connectivity index (χ1n) is 4.15. The number of benzene rings is 1. The van der Waals surface area contributed by atoms with Crippen LogP contribution in [0, 0.1) is 20.3 Å². The number of hydrogen-bond acceptors (Lipinski definition) is 0. The summed E-state index contributed by atoms with van der Waals surface area (Å²) in [6, 6.07) is 6.44. The summed E-state index contributed by atoms with van der Waals surface area (Å²) in [5, 5.41) is 0. The predicted molar refractivity (Wildman–Crippen MR) is 49.6 cm³/mol. The molecular weight excluding hydrogens is 132 g/mol. The molecule has 1 aromatic rings. The summed E-state index contributed by atoms with van der Waals surface area (Å²) < 4.78 is 0. The van der Waals surface area contributed by atoms with Crippen LogP contribution in [0.25, 0.3) is 0 Å². The van der Waals surface area contributed by atoms with Gasteiger partial charge in [0.15, 0.2) is 0 Å². The van der Waals surface area contributed by atoms with Crippen molar-refractivity contribution < 1.29 is 0 Å². The molecule has 1 rings (SSSR count). The molecule has 0 unspecified atom stereocenters. The van der Waals surface area contributed by atoms with Gasteiger partial charge < -0.3 is 0 Å². The average molecular weight is 147 g/mol. The van der Waals surface area contributed by atoms with E-state index in [2.05, 4.69) is 45.4 Å². The third kappa shape index (κ3) is 1.83. The minimum atomic E-state index is 1.12. The van der Waals surface area contributed by atoms with Crippen LogP contribution in [0.3, 0.4) is 0 Å². The molecular formula is C11H15. The van der Waals surface area contributed by atoms with Crippen molar-refractivity contribution in [2.75, 3.05) is 0 Å². The van der Waals surface area contributed by atoms with E-state index in [1.54, 1.807) is 0 Å². The number of hydrogen-bond donors (Lipinski definition) is 0. The molecule has 0 aliphatic heterocycles. The van der Waals surface area contributed by atoms with Crippen LogP contribution in [-0.2, 0) is 0 Å². The maximum Gasteiger partial charge on any atom is -0.00930 e. The van der Waals surface area contributed by atoms with E-state index in [1.165, 1.54) is 16.7 Å². The number of aryl methyl sites for hydroxylation is 1. The zero-order valence-corrected chi connectivity index (χ0v) is 7.52. The fourth-order valence-corrected chi connectivity index (χ4v) is 1.21. The van der Waals surface area contributed by atoms with Gasteiger partial charge in [-0.2, -0.15) is 0 Å². The van der Waals surface area contributed by atoms with E-state index in [0.29, 0.717) is 0 Å². The zero-order chi connectivity index (χ0) is 8.27. The Bertz CT molecular complexity index is 236. The van der Waals surface area contributed by atoms with Gasteiger partial charge in [0, 0.05) is 0 Å². The van der Waals surface area contributed by atoms with E-state index in [4.69, 9.17) is 0 Å². The SMILES string of the molecule is CC[CH]c1cccc(C)c1C. The molecule has 0 spiro atoms. The van der Waals surface area contributed by atoms with Crippen LogP contribution in [0.1, 0.15) is 30.0 Å². The summed E-state index contributed by atoms with van der Waals surface area (Å²) in [6.07, 6.45) is 3.38. The highest BCUT2D eigenvalue weighted by atomic mass is 14.0. The first-order valence-corrected chi connectivity index (χ1v) is 4.15. The highest BCUT2D eigenvalue weighted by molar-refractivity contribution is 5.37. The Morgan fingerprint density at radius 2 is 2.00 bits per heavy atom. The highest BCUT2D eigenvalue weighted by Crippen LogP contribution is 2.15. The summed E-state index contributed by atoms with van der Waals surface area (Å²) in [7, 11) is 0. The molecule has 59 valence electrons. The molecule has 1 aromatic carbocycles. The zero-order valence-electron chi connectivity index (χ0n) is 7.52. The lowest BCUT2D eigenvalue weighted by atomic mass is 10.0. The van der Waals surface area contributed by atoms with Crippen molar-refractivity contribution >= 4 is 0 Å². The van der Waals surface area contributed by atoms with E-state index in [0.717, 1.165) is 6.42 Å². The predicted octanol–water partition coefficient (Wildman–Crippen LogP) is 3.27. The summed E-state index contributed by atoms with van der Waals surface area (Å²) in [6.45, 7) is 6.50. The minimum Gasteiger partial charge on any atom is -0.0648 e. The van der Waals surface area contributed by atoms with Gasteiger partial charge in [-0.25, -0.2) is 0 Å². The van der Waals surface area contributed by atoms with Crippen molar-refractivity contribution in [3.63, 3.8) is 0 Å². The van der Waals surface area contributed by atoms with E-state index < -0.39 is 0 Å². The molecule has 0 saturated carbocycles. The standard InChI is InChI=1S/C11H15/c1-4-6-11-8-5-7-9(2)10(11)3/h5-8H,4H2,1-3H3. The van der Waals surface area contributed by atoms with Gasteiger partial charge in [0.1, 0.15) is 0 Å². The second-order valence-electron chi connectivity index (χ2n) is 2.90. The minimum absolute atomic E-state index is 1.12. The fourth-order valence-electron chi connectivity index (χ4n) is 1.21. The third-order valence-electron chi connectivity index (χ3n) is 2.07. The van der Waals surface area contributed by atoms with Crippen LogP contribution >= 0.6 is 0 Å². The lowest BCUT2D eigenvalue weighted by Gasteiger charge is -2.05. The van der Waals surface area contributed by atoms with Gasteiger partial charge in [-0.1, -0.05) is 25.1 Å². The van der Waals surface area contributed by atoms with Crippen molar-refractivity contribution in [1.29, 1.82) is 0 Å². The summed E-state index contributed by atoms with van der Waals surface area (Å²) >= 11 is 0. The van der Waals surface area contributed by atoms with Crippen molar-refractivity contribution in [2.45, 2.75) is 27.2 Å². The molecule has 0 N–H and O–H groups in total. The molecule has 0 nitrogen and oxygen atoms in total. The van der Waals surface area contributed by atoms with E-state index >= 15 is 0 Å². The Hall–Kier alpha value is -0.780. The molecule has 0 fully saturated rings. The summed E-state index contributed by atoms with van der Waals surface area (Å²) in [5.74, 6) is 0. The van der Waals surface area contributed by atoms with Crippen LogP contribution in [0.5, 0.6) is 0 Å². The Labute approximate surface area is 69.3 Å². The topological polar surface area (TPSA) is 0 Å². The maximum atomic E-state index is 2.27. The molecule has 0 amide bonds. The molecule has 0 aromatic heterocycles. The lowest BCUT2D eigenvalue weighted by molar-refractivity contribution is 1.10. The Kier molecular flexibility index (Phi) is 2.70. The van der Waals surface area contributed by atoms with E-state index in [1.807, 2.05) is 0 Å². The average Bonchev–Trinajstić information content (AvgIpc) is 1.99. The van der Waals surface area contributed by atoms with Crippen molar-refractivity contribution in [3.05, 3.63) is 41.3 Å². The smallest absolute Gasteiger partial charge is 0.00930 e. The van der Waals surface area contributed by atoms with Gasteiger partial charge >= 0.3 is 0 Å².